The van der Waals surface area contributed by atoms with Crippen LogP contribution in [0.15, 0.2) is 28.8 Å². The molecule has 1 amide bonds. The van der Waals surface area contributed by atoms with Crippen LogP contribution in [0.4, 0.5) is 0 Å². The van der Waals surface area contributed by atoms with Crippen molar-refractivity contribution in [2.75, 3.05) is 6.54 Å². The standard InChI is InChI=1S/C20H28ClN3O2/c1-13(2)16(14-6-8-15(21)9-7-14)12-18(25)22-11-10-17-23-19(26-24-17)20(3,4)5/h6-9,13,16H,10-12H2,1-5H3,(H,22,25). The molecule has 5 nitrogen and oxygen atoms in total. The molecule has 26 heavy (non-hydrogen) atoms. The lowest BCUT2D eigenvalue weighted by molar-refractivity contribution is -0.121. The highest BCUT2D eigenvalue weighted by Crippen LogP contribution is 2.28. The van der Waals surface area contributed by atoms with Crippen LogP contribution in [0.25, 0.3) is 0 Å². The molecule has 0 spiro atoms. The minimum absolute atomic E-state index is 0.0261. The van der Waals surface area contributed by atoms with Crippen LogP contribution < -0.4 is 5.32 Å². The van der Waals surface area contributed by atoms with E-state index >= 15 is 0 Å². The molecule has 142 valence electrons. The van der Waals surface area contributed by atoms with Crippen molar-refractivity contribution in [1.82, 2.24) is 15.5 Å². The van der Waals surface area contributed by atoms with Crippen LogP contribution in [-0.2, 0) is 16.6 Å². The van der Waals surface area contributed by atoms with E-state index in [2.05, 4.69) is 29.3 Å². The Morgan fingerprint density at radius 1 is 1.23 bits per heavy atom. The van der Waals surface area contributed by atoms with Crippen LogP contribution in [-0.4, -0.2) is 22.6 Å². The minimum atomic E-state index is -0.169. The normalized spacial score (nSPS) is 13.0. The minimum Gasteiger partial charge on any atom is -0.356 e. The van der Waals surface area contributed by atoms with Crippen LogP contribution in [0, 0.1) is 5.92 Å². The average molecular weight is 378 g/mol. The lowest BCUT2D eigenvalue weighted by Crippen LogP contribution is -2.28. The fourth-order valence-corrected chi connectivity index (χ4v) is 2.82. The number of hydrogen-bond acceptors (Lipinski definition) is 4. The number of rotatable bonds is 7. The Hall–Kier alpha value is -1.88. The fraction of sp³-hybridized carbons (Fsp3) is 0.550. The van der Waals surface area contributed by atoms with Crippen molar-refractivity contribution in [1.29, 1.82) is 0 Å². The molecular weight excluding hydrogens is 350 g/mol. The summed E-state index contributed by atoms with van der Waals surface area (Å²) in [4.78, 5) is 16.7. The Bertz CT molecular complexity index is 717. The van der Waals surface area contributed by atoms with Gasteiger partial charge in [-0.1, -0.05) is 63.5 Å². The van der Waals surface area contributed by atoms with Crippen molar-refractivity contribution in [2.24, 2.45) is 5.92 Å². The van der Waals surface area contributed by atoms with E-state index in [-0.39, 0.29) is 17.2 Å². The third-order valence-corrected chi connectivity index (χ3v) is 4.54. The SMILES string of the molecule is CC(C)C(CC(=O)NCCc1noc(C(C)(C)C)n1)c1ccc(Cl)cc1. The molecule has 0 saturated carbocycles. The van der Waals surface area contributed by atoms with E-state index in [4.69, 9.17) is 16.1 Å². The molecule has 1 aromatic heterocycles. The number of nitrogens with one attached hydrogen (secondary N) is 1. The molecular formula is C20H28ClN3O2. The Balaban J connectivity index is 1.86. The fourth-order valence-electron chi connectivity index (χ4n) is 2.69. The summed E-state index contributed by atoms with van der Waals surface area (Å²) in [5.74, 6) is 1.77. The van der Waals surface area contributed by atoms with Crippen molar-refractivity contribution in [3.8, 4) is 0 Å². The number of amides is 1. The second-order valence-electron chi connectivity index (χ2n) is 7.97. The highest BCUT2D eigenvalue weighted by Gasteiger charge is 2.22. The average Bonchev–Trinajstić information content (AvgIpc) is 3.02. The zero-order valence-corrected chi connectivity index (χ0v) is 16.9. The van der Waals surface area contributed by atoms with Gasteiger partial charge in [-0.2, -0.15) is 4.98 Å². The third kappa shape index (κ3) is 5.84. The highest BCUT2D eigenvalue weighted by molar-refractivity contribution is 6.30. The molecule has 2 aromatic rings. The van der Waals surface area contributed by atoms with Gasteiger partial charge in [0.15, 0.2) is 5.82 Å². The van der Waals surface area contributed by atoms with E-state index in [1.54, 1.807) is 0 Å². The molecule has 1 N–H and O–H groups in total. The van der Waals surface area contributed by atoms with Crippen LogP contribution in [0.2, 0.25) is 5.02 Å². The largest absolute Gasteiger partial charge is 0.356 e. The van der Waals surface area contributed by atoms with Crippen molar-refractivity contribution in [2.45, 2.75) is 58.8 Å². The molecule has 1 heterocycles. The number of carbonyl (C=O) groups is 1. The summed E-state index contributed by atoms with van der Waals surface area (Å²) >= 11 is 5.96. The molecule has 0 saturated heterocycles. The molecule has 1 atom stereocenters. The van der Waals surface area contributed by atoms with Gasteiger partial charge in [-0.3, -0.25) is 4.79 Å². The zero-order chi connectivity index (χ0) is 19.3. The first-order chi connectivity index (χ1) is 12.2. The van der Waals surface area contributed by atoms with Crippen molar-refractivity contribution in [3.05, 3.63) is 46.6 Å². The Kier molecular flexibility index (Phi) is 6.81. The van der Waals surface area contributed by atoms with Crippen LogP contribution in [0.3, 0.4) is 0 Å². The Morgan fingerprint density at radius 2 is 1.88 bits per heavy atom. The quantitative estimate of drug-likeness (QED) is 0.770. The van der Waals surface area contributed by atoms with Crippen LogP contribution >= 0.6 is 11.6 Å². The molecule has 2 rings (SSSR count). The van der Waals surface area contributed by atoms with Gasteiger partial charge in [0, 0.05) is 29.8 Å². The summed E-state index contributed by atoms with van der Waals surface area (Å²) < 4.78 is 5.27. The van der Waals surface area contributed by atoms with Crippen molar-refractivity contribution >= 4 is 17.5 Å². The second-order valence-corrected chi connectivity index (χ2v) is 8.41. The van der Waals surface area contributed by atoms with Gasteiger partial charge in [-0.15, -0.1) is 0 Å². The first-order valence-corrected chi connectivity index (χ1v) is 9.40. The number of carbonyl (C=O) groups excluding carboxylic acids is 1. The van der Waals surface area contributed by atoms with Crippen molar-refractivity contribution in [3.63, 3.8) is 0 Å². The van der Waals surface area contributed by atoms with E-state index in [0.717, 1.165) is 5.56 Å². The monoisotopic (exact) mass is 377 g/mol. The number of halogens is 1. The Labute approximate surface area is 160 Å². The van der Waals surface area contributed by atoms with E-state index in [0.29, 0.717) is 42.0 Å². The molecule has 0 aliphatic rings. The number of aromatic nitrogens is 2. The van der Waals surface area contributed by atoms with Crippen molar-refractivity contribution < 1.29 is 9.32 Å². The van der Waals surface area contributed by atoms with Gasteiger partial charge in [0.1, 0.15) is 0 Å². The molecule has 0 fully saturated rings. The highest BCUT2D eigenvalue weighted by atomic mass is 35.5. The van der Waals surface area contributed by atoms with Gasteiger partial charge in [-0.25, -0.2) is 0 Å². The molecule has 1 unspecified atom stereocenters. The maximum atomic E-state index is 12.4. The van der Waals surface area contributed by atoms with E-state index in [9.17, 15) is 4.79 Å². The first kappa shape index (κ1) is 20.4. The number of benzene rings is 1. The van der Waals surface area contributed by atoms with Gasteiger partial charge in [0.05, 0.1) is 0 Å². The zero-order valence-electron chi connectivity index (χ0n) is 16.2. The summed E-state index contributed by atoms with van der Waals surface area (Å²) in [5.41, 5.74) is 0.963. The summed E-state index contributed by atoms with van der Waals surface area (Å²) in [6.45, 7) is 10.8. The maximum absolute atomic E-state index is 12.4. The maximum Gasteiger partial charge on any atom is 0.232 e. The Morgan fingerprint density at radius 3 is 2.42 bits per heavy atom. The van der Waals surface area contributed by atoms with E-state index in [1.807, 2.05) is 45.0 Å². The number of hydrogen-bond donors (Lipinski definition) is 1. The van der Waals surface area contributed by atoms with Gasteiger partial charge < -0.3 is 9.84 Å². The third-order valence-electron chi connectivity index (χ3n) is 4.29. The van der Waals surface area contributed by atoms with E-state index < -0.39 is 0 Å². The second kappa shape index (κ2) is 8.67. The van der Waals surface area contributed by atoms with Gasteiger partial charge >= 0.3 is 0 Å². The summed E-state index contributed by atoms with van der Waals surface area (Å²) in [6, 6.07) is 7.72. The van der Waals surface area contributed by atoms with E-state index in [1.165, 1.54) is 0 Å². The van der Waals surface area contributed by atoms with Gasteiger partial charge in [0.2, 0.25) is 11.8 Å². The predicted molar refractivity (Wildman–Crippen MR) is 103 cm³/mol. The molecule has 0 radical (unpaired) electrons. The molecule has 0 bridgehead atoms. The predicted octanol–water partition coefficient (Wildman–Crippen LogP) is 4.51. The summed E-state index contributed by atoms with van der Waals surface area (Å²) in [7, 11) is 0. The molecule has 1 aromatic carbocycles. The van der Waals surface area contributed by atoms with Gasteiger partial charge in [0.25, 0.3) is 0 Å². The first-order valence-electron chi connectivity index (χ1n) is 9.02. The summed E-state index contributed by atoms with van der Waals surface area (Å²) in [6.07, 6.45) is 0.997. The number of nitrogens with zero attached hydrogens (tertiary/aromatic N) is 2. The molecule has 0 aliphatic heterocycles. The molecule has 0 aliphatic carbocycles. The molecule has 6 heteroatoms. The summed E-state index contributed by atoms with van der Waals surface area (Å²) in [5, 5.41) is 7.64. The van der Waals surface area contributed by atoms with Gasteiger partial charge in [-0.05, 0) is 29.5 Å². The lowest BCUT2D eigenvalue weighted by atomic mass is 9.85. The van der Waals surface area contributed by atoms with Crippen LogP contribution in [0.1, 0.15) is 64.2 Å². The lowest BCUT2D eigenvalue weighted by Gasteiger charge is -2.21. The topological polar surface area (TPSA) is 68.0 Å². The smallest absolute Gasteiger partial charge is 0.232 e. The van der Waals surface area contributed by atoms with Crippen LogP contribution in [0.5, 0.6) is 0 Å².